The molecule has 4 rings (SSSR count). The minimum absolute atomic E-state index is 0.0156. The maximum Gasteiger partial charge on any atom is 0.209 e. The average Bonchev–Trinajstić information content (AvgIpc) is 2.90. The van der Waals surface area contributed by atoms with Gasteiger partial charge in [0.1, 0.15) is 11.3 Å². The third-order valence-corrected chi connectivity index (χ3v) is 9.79. The third kappa shape index (κ3) is 2.45. The largest absolute Gasteiger partial charge is 0.390 e. The fraction of sp³-hybridized carbons (Fsp3) is 0.826. The van der Waals surface area contributed by atoms with Gasteiger partial charge in [0.25, 0.3) is 0 Å². The fourth-order valence-electron chi connectivity index (χ4n) is 7.71. The molecule has 4 aliphatic rings. The topological polar surface area (TPSA) is 83.8 Å². The van der Waals surface area contributed by atoms with Crippen LogP contribution in [0.1, 0.15) is 59.3 Å². The Labute approximate surface area is 182 Å². The van der Waals surface area contributed by atoms with Crippen molar-refractivity contribution in [2.75, 3.05) is 7.11 Å². The average molecular weight is 443 g/mol. The van der Waals surface area contributed by atoms with Gasteiger partial charge in [-0.05, 0) is 50.0 Å². The van der Waals surface area contributed by atoms with Crippen molar-refractivity contribution >= 4 is 23.2 Å². The number of hydrogen-bond donors (Lipinski definition) is 2. The van der Waals surface area contributed by atoms with E-state index in [1.54, 1.807) is 19.9 Å². The van der Waals surface area contributed by atoms with Crippen molar-refractivity contribution < 1.29 is 28.9 Å². The zero-order chi connectivity index (χ0) is 22.3. The summed E-state index contributed by atoms with van der Waals surface area (Å²) >= 11 is 6.06. The second kappa shape index (κ2) is 6.84. The number of ketones is 2. The molecule has 3 saturated carbocycles. The van der Waals surface area contributed by atoms with Gasteiger partial charge in [0.05, 0.1) is 6.10 Å². The number of allylic oxidation sites excluding steroid dienone is 1. The number of aliphatic hydroxyl groups is 2. The molecule has 0 heterocycles. The maximum atomic E-state index is 17.1. The number of ether oxygens (including phenoxy) is 1. The van der Waals surface area contributed by atoms with Gasteiger partial charge in [-0.1, -0.05) is 37.9 Å². The van der Waals surface area contributed by atoms with Crippen molar-refractivity contribution in [3.8, 4) is 0 Å². The molecule has 0 saturated heterocycles. The van der Waals surface area contributed by atoms with Gasteiger partial charge in [0.2, 0.25) is 5.78 Å². The van der Waals surface area contributed by atoms with Crippen molar-refractivity contribution in [3.63, 3.8) is 0 Å². The lowest BCUT2D eigenvalue weighted by Crippen LogP contribution is -2.70. The molecule has 3 fully saturated rings. The number of alkyl halides is 2. The van der Waals surface area contributed by atoms with Gasteiger partial charge in [0, 0.05) is 30.3 Å². The van der Waals surface area contributed by atoms with E-state index >= 15 is 4.39 Å². The molecular formula is C23H32ClFO5. The van der Waals surface area contributed by atoms with Gasteiger partial charge < -0.3 is 14.9 Å². The quantitative estimate of drug-likeness (QED) is 0.655. The lowest BCUT2D eigenvalue weighted by Gasteiger charge is -2.63. The first-order chi connectivity index (χ1) is 13.9. The number of rotatable bonds is 3. The van der Waals surface area contributed by atoms with Crippen LogP contribution in [0.3, 0.4) is 0 Å². The molecule has 1 unspecified atom stereocenters. The van der Waals surface area contributed by atoms with E-state index in [-0.39, 0.29) is 24.5 Å². The normalized spacial score (nSPS) is 51.5. The molecule has 0 amide bonds. The Kier molecular flexibility index (Phi) is 5.10. The van der Waals surface area contributed by atoms with Crippen LogP contribution in [0.4, 0.5) is 4.39 Å². The summed E-state index contributed by atoms with van der Waals surface area (Å²) in [6, 6.07) is 0. The monoisotopic (exact) mass is 442 g/mol. The lowest BCUT2D eigenvalue weighted by atomic mass is 9.44. The summed E-state index contributed by atoms with van der Waals surface area (Å²) in [5.74, 6) is -1.84. The first kappa shape index (κ1) is 22.4. The standard InChI is InChI=1S/C23H32ClFO5/c1-12-9-16-15-6-5-13-10-14(26)7-8-20(13,2)22(15,25)17(27)11-21(16,3)23(12,29)18(28)19(24)30-4/h10,12,15-17,19,27,29H,5-9,11H2,1-4H3/t12-,15-,16-,17-,19?,20-,21-,22-,23-/m0/s1. The molecule has 168 valence electrons. The van der Waals surface area contributed by atoms with E-state index in [1.807, 2.05) is 6.92 Å². The minimum atomic E-state index is -1.91. The van der Waals surface area contributed by atoms with E-state index < -0.39 is 51.4 Å². The first-order valence-corrected chi connectivity index (χ1v) is 11.4. The molecule has 0 aliphatic heterocycles. The fourth-order valence-corrected chi connectivity index (χ4v) is 7.88. The Morgan fingerprint density at radius 1 is 1.33 bits per heavy atom. The summed E-state index contributed by atoms with van der Waals surface area (Å²) in [6.07, 6.45) is 2.38. The van der Waals surface area contributed by atoms with E-state index in [0.29, 0.717) is 25.7 Å². The predicted molar refractivity (Wildman–Crippen MR) is 110 cm³/mol. The molecule has 30 heavy (non-hydrogen) atoms. The highest BCUT2D eigenvalue weighted by molar-refractivity contribution is 6.31. The van der Waals surface area contributed by atoms with Crippen LogP contribution in [0.25, 0.3) is 0 Å². The molecule has 0 aromatic rings. The number of hydrogen-bond acceptors (Lipinski definition) is 5. The van der Waals surface area contributed by atoms with Crippen LogP contribution < -0.4 is 0 Å². The van der Waals surface area contributed by atoms with E-state index in [4.69, 9.17) is 16.3 Å². The predicted octanol–water partition coefficient (Wildman–Crippen LogP) is 3.34. The molecule has 2 N–H and O–H groups in total. The Hall–Kier alpha value is -0.820. The number of methoxy groups -OCH3 is 1. The number of halogens is 2. The van der Waals surface area contributed by atoms with Crippen molar-refractivity contribution in [1.29, 1.82) is 0 Å². The van der Waals surface area contributed by atoms with E-state index in [9.17, 15) is 19.8 Å². The van der Waals surface area contributed by atoms with Gasteiger partial charge in [-0.25, -0.2) is 4.39 Å². The van der Waals surface area contributed by atoms with Gasteiger partial charge in [0.15, 0.2) is 11.3 Å². The van der Waals surface area contributed by atoms with Crippen molar-refractivity contribution in [2.24, 2.45) is 28.6 Å². The SMILES string of the molecule is COC(Cl)C(=O)[C@@]1(O)[C@@H](C)C[C@H]2[C@@H]3CCC4=CC(=O)CC[C@]4(C)[C@@]3(F)[C@@H](O)C[C@@]21C. The van der Waals surface area contributed by atoms with Crippen LogP contribution in [-0.2, 0) is 14.3 Å². The number of carbonyl (C=O) groups excluding carboxylic acids is 2. The molecule has 0 spiro atoms. The van der Waals surface area contributed by atoms with E-state index in [0.717, 1.165) is 5.57 Å². The zero-order valence-electron chi connectivity index (χ0n) is 18.1. The highest BCUT2D eigenvalue weighted by Gasteiger charge is 2.76. The zero-order valence-corrected chi connectivity index (χ0v) is 18.8. The summed E-state index contributed by atoms with van der Waals surface area (Å²) < 4.78 is 22.0. The van der Waals surface area contributed by atoms with Gasteiger partial charge in [-0.2, -0.15) is 0 Å². The van der Waals surface area contributed by atoms with Crippen LogP contribution >= 0.6 is 11.6 Å². The molecule has 5 nitrogen and oxygen atoms in total. The molecule has 0 aromatic heterocycles. The van der Waals surface area contributed by atoms with E-state index in [2.05, 4.69) is 0 Å². The van der Waals surface area contributed by atoms with Crippen LogP contribution in [0.2, 0.25) is 0 Å². The molecule has 7 heteroatoms. The summed E-state index contributed by atoms with van der Waals surface area (Å²) in [5, 5.41) is 23.0. The smallest absolute Gasteiger partial charge is 0.209 e. The Balaban J connectivity index is 1.80. The summed E-state index contributed by atoms with van der Waals surface area (Å²) in [6.45, 7) is 5.42. The summed E-state index contributed by atoms with van der Waals surface area (Å²) in [4.78, 5) is 25.1. The van der Waals surface area contributed by atoms with Crippen LogP contribution in [-0.4, -0.2) is 51.8 Å². The lowest BCUT2D eigenvalue weighted by molar-refractivity contribution is -0.229. The highest BCUT2D eigenvalue weighted by Crippen LogP contribution is 2.71. The minimum Gasteiger partial charge on any atom is -0.390 e. The maximum absolute atomic E-state index is 17.1. The molecule has 0 bridgehead atoms. The van der Waals surface area contributed by atoms with E-state index in [1.165, 1.54) is 7.11 Å². The number of carbonyl (C=O) groups is 2. The highest BCUT2D eigenvalue weighted by atomic mass is 35.5. The molecule has 0 radical (unpaired) electrons. The summed E-state index contributed by atoms with van der Waals surface area (Å²) in [5.41, 5.74) is -6.15. The summed E-state index contributed by atoms with van der Waals surface area (Å²) in [7, 11) is 1.31. The molecular weight excluding hydrogens is 411 g/mol. The molecule has 4 aliphatic carbocycles. The number of aliphatic hydroxyl groups excluding tert-OH is 1. The van der Waals surface area contributed by atoms with Crippen molar-refractivity contribution in [1.82, 2.24) is 0 Å². The van der Waals surface area contributed by atoms with Crippen molar-refractivity contribution in [2.45, 2.75) is 82.2 Å². The van der Waals surface area contributed by atoms with Crippen molar-refractivity contribution in [3.05, 3.63) is 11.6 Å². The Bertz CT molecular complexity index is 815. The van der Waals surface area contributed by atoms with Crippen LogP contribution in [0.5, 0.6) is 0 Å². The third-order valence-electron chi connectivity index (χ3n) is 9.41. The second-order valence-corrected chi connectivity index (χ2v) is 10.8. The van der Waals surface area contributed by atoms with Crippen LogP contribution in [0.15, 0.2) is 11.6 Å². The Morgan fingerprint density at radius 3 is 2.63 bits per heavy atom. The van der Waals surface area contributed by atoms with Gasteiger partial charge in [-0.15, -0.1) is 0 Å². The number of fused-ring (bicyclic) bond motifs is 5. The molecule has 0 aromatic carbocycles. The van der Waals surface area contributed by atoms with Gasteiger partial charge in [-0.3, -0.25) is 9.59 Å². The van der Waals surface area contributed by atoms with Gasteiger partial charge >= 0.3 is 0 Å². The first-order valence-electron chi connectivity index (χ1n) is 10.9. The number of Topliss-reactive ketones (excluding diaryl/α,β-unsaturated/α-hetero) is 1. The Morgan fingerprint density at radius 2 is 2.00 bits per heavy atom. The molecule has 9 atom stereocenters. The van der Waals surface area contributed by atoms with Crippen LogP contribution in [0, 0.1) is 28.6 Å². The second-order valence-electron chi connectivity index (χ2n) is 10.4.